The topological polar surface area (TPSA) is 67.2 Å². The summed E-state index contributed by atoms with van der Waals surface area (Å²) in [5.74, 6) is 0.532. The van der Waals surface area contributed by atoms with Gasteiger partial charge >= 0.3 is 0 Å². The molecule has 0 saturated heterocycles. The van der Waals surface area contributed by atoms with Gasteiger partial charge in [-0.2, -0.15) is 5.10 Å². The molecule has 1 aromatic heterocycles. The van der Waals surface area contributed by atoms with E-state index in [0.29, 0.717) is 18.9 Å². The summed E-state index contributed by atoms with van der Waals surface area (Å²) in [6.07, 6.45) is 3.78. The predicted octanol–water partition coefficient (Wildman–Crippen LogP) is 1.25. The summed E-state index contributed by atoms with van der Waals surface area (Å²) in [7, 11) is 1.93. The minimum atomic E-state index is -0.169. The molecule has 1 fully saturated rings. The molecule has 0 radical (unpaired) electrons. The van der Waals surface area contributed by atoms with E-state index in [1.54, 1.807) is 0 Å². The van der Waals surface area contributed by atoms with Crippen LogP contribution in [-0.4, -0.2) is 33.4 Å². The Labute approximate surface area is 120 Å². The van der Waals surface area contributed by atoms with Crippen molar-refractivity contribution in [2.45, 2.75) is 52.1 Å². The average molecular weight is 279 g/mol. The number of amides is 1. The molecule has 0 bridgehead atoms. The van der Waals surface area contributed by atoms with Crippen LogP contribution >= 0.6 is 0 Å². The van der Waals surface area contributed by atoms with Crippen LogP contribution in [-0.2, 0) is 18.3 Å². The monoisotopic (exact) mass is 279 g/mol. The number of aromatic nitrogens is 2. The maximum absolute atomic E-state index is 11.9. The number of aryl methyl sites for hydroxylation is 2. The maximum Gasteiger partial charge on any atom is 0.220 e. The molecule has 1 heterocycles. The van der Waals surface area contributed by atoms with Crippen molar-refractivity contribution in [1.29, 1.82) is 0 Å². The number of rotatable bonds is 5. The van der Waals surface area contributed by atoms with Crippen molar-refractivity contribution in [2.75, 3.05) is 6.54 Å². The summed E-state index contributed by atoms with van der Waals surface area (Å²) in [5.41, 5.74) is 3.32. The van der Waals surface area contributed by atoms with E-state index in [2.05, 4.69) is 10.4 Å². The zero-order chi connectivity index (χ0) is 14.7. The van der Waals surface area contributed by atoms with Crippen LogP contribution in [0.3, 0.4) is 0 Å². The van der Waals surface area contributed by atoms with Gasteiger partial charge in [-0.25, -0.2) is 0 Å². The van der Waals surface area contributed by atoms with Crippen LogP contribution in [0.15, 0.2) is 0 Å². The van der Waals surface area contributed by atoms with Crippen molar-refractivity contribution in [2.24, 2.45) is 13.0 Å². The molecule has 5 heteroatoms. The van der Waals surface area contributed by atoms with Crippen LogP contribution in [0.4, 0.5) is 0 Å². The summed E-state index contributed by atoms with van der Waals surface area (Å²) in [6.45, 7) is 4.72. The lowest BCUT2D eigenvalue weighted by Crippen LogP contribution is -2.28. The Hall–Kier alpha value is -1.36. The summed E-state index contributed by atoms with van der Waals surface area (Å²) >= 11 is 0. The fraction of sp³-hybridized carbons (Fsp3) is 0.733. The van der Waals surface area contributed by atoms with Crippen LogP contribution in [0.5, 0.6) is 0 Å². The standard InChI is InChI=1S/C15H25N3O2/c1-10-14(11(2)18(3)17-10)6-7-15(20)16-9-12-4-5-13(19)8-12/h12-13,19H,4-9H2,1-3H3,(H,16,20). The number of nitrogens with one attached hydrogen (secondary N) is 1. The molecule has 2 rings (SSSR count). The number of hydrogen-bond acceptors (Lipinski definition) is 3. The van der Waals surface area contributed by atoms with Gasteiger partial charge in [0.1, 0.15) is 0 Å². The van der Waals surface area contributed by atoms with Crippen LogP contribution in [0.25, 0.3) is 0 Å². The molecule has 1 saturated carbocycles. The van der Waals surface area contributed by atoms with Gasteiger partial charge in [0.05, 0.1) is 11.8 Å². The van der Waals surface area contributed by atoms with Crippen LogP contribution in [0.1, 0.15) is 42.6 Å². The Morgan fingerprint density at radius 2 is 2.20 bits per heavy atom. The molecule has 2 unspecified atom stereocenters. The molecular weight excluding hydrogens is 254 g/mol. The molecule has 5 nitrogen and oxygen atoms in total. The van der Waals surface area contributed by atoms with Gasteiger partial charge in [0.2, 0.25) is 5.91 Å². The van der Waals surface area contributed by atoms with Crippen molar-refractivity contribution in [1.82, 2.24) is 15.1 Å². The smallest absolute Gasteiger partial charge is 0.220 e. The zero-order valence-corrected chi connectivity index (χ0v) is 12.6. The second-order valence-corrected chi connectivity index (χ2v) is 5.91. The van der Waals surface area contributed by atoms with E-state index in [-0.39, 0.29) is 12.0 Å². The number of carbonyl (C=O) groups excluding carboxylic acids is 1. The summed E-state index contributed by atoms with van der Waals surface area (Å²) < 4.78 is 1.86. The van der Waals surface area contributed by atoms with Crippen LogP contribution < -0.4 is 5.32 Å². The molecule has 112 valence electrons. The quantitative estimate of drug-likeness (QED) is 0.852. The molecule has 2 N–H and O–H groups in total. The first kappa shape index (κ1) is 15.0. The Bertz CT molecular complexity index is 482. The molecule has 1 amide bonds. The number of aliphatic hydroxyl groups excluding tert-OH is 1. The second kappa shape index (κ2) is 6.39. The molecule has 1 aliphatic carbocycles. The Morgan fingerprint density at radius 1 is 1.45 bits per heavy atom. The first-order valence-corrected chi connectivity index (χ1v) is 7.41. The predicted molar refractivity (Wildman–Crippen MR) is 77.4 cm³/mol. The van der Waals surface area contributed by atoms with Gasteiger partial charge < -0.3 is 10.4 Å². The minimum absolute atomic E-state index is 0.0917. The number of aliphatic hydroxyl groups is 1. The van der Waals surface area contributed by atoms with E-state index in [9.17, 15) is 9.90 Å². The van der Waals surface area contributed by atoms with E-state index >= 15 is 0 Å². The molecule has 2 atom stereocenters. The highest BCUT2D eigenvalue weighted by Gasteiger charge is 2.22. The van der Waals surface area contributed by atoms with Gasteiger partial charge in [0, 0.05) is 25.7 Å². The van der Waals surface area contributed by atoms with E-state index < -0.39 is 0 Å². The maximum atomic E-state index is 11.9. The van der Waals surface area contributed by atoms with Gasteiger partial charge in [-0.15, -0.1) is 0 Å². The first-order chi connectivity index (χ1) is 9.47. The average Bonchev–Trinajstić information content (AvgIpc) is 2.91. The third-order valence-electron chi connectivity index (χ3n) is 4.36. The van der Waals surface area contributed by atoms with Gasteiger partial charge in [0.25, 0.3) is 0 Å². The van der Waals surface area contributed by atoms with Crippen molar-refractivity contribution >= 4 is 5.91 Å². The molecule has 0 aromatic carbocycles. The third kappa shape index (κ3) is 3.60. The summed E-state index contributed by atoms with van der Waals surface area (Å²) in [5, 5.41) is 16.8. The lowest BCUT2D eigenvalue weighted by atomic mass is 10.1. The summed E-state index contributed by atoms with van der Waals surface area (Å²) in [4.78, 5) is 11.9. The zero-order valence-electron chi connectivity index (χ0n) is 12.6. The van der Waals surface area contributed by atoms with Gasteiger partial charge in [-0.3, -0.25) is 9.48 Å². The SMILES string of the molecule is Cc1nn(C)c(C)c1CCC(=O)NCC1CCC(O)C1. The van der Waals surface area contributed by atoms with E-state index in [1.165, 1.54) is 5.56 Å². The third-order valence-corrected chi connectivity index (χ3v) is 4.36. The Morgan fingerprint density at radius 3 is 2.75 bits per heavy atom. The normalized spacial score (nSPS) is 22.2. The lowest BCUT2D eigenvalue weighted by molar-refractivity contribution is -0.121. The molecule has 20 heavy (non-hydrogen) atoms. The second-order valence-electron chi connectivity index (χ2n) is 5.91. The minimum Gasteiger partial charge on any atom is -0.393 e. The first-order valence-electron chi connectivity index (χ1n) is 7.41. The van der Waals surface area contributed by atoms with Crippen molar-refractivity contribution < 1.29 is 9.90 Å². The fourth-order valence-corrected chi connectivity index (χ4v) is 3.00. The van der Waals surface area contributed by atoms with E-state index in [0.717, 1.165) is 37.1 Å². The number of hydrogen-bond donors (Lipinski definition) is 2. The lowest BCUT2D eigenvalue weighted by Gasteiger charge is -2.11. The highest BCUT2D eigenvalue weighted by atomic mass is 16.3. The molecule has 0 spiro atoms. The Balaban J connectivity index is 1.75. The summed E-state index contributed by atoms with van der Waals surface area (Å²) in [6, 6.07) is 0. The highest BCUT2D eigenvalue weighted by molar-refractivity contribution is 5.76. The van der Waals surface area contributed by atoms with Crippen LogP contribution in [0.2, 0.25) is 0 Å². The van der Waals surface area contributed by atoms with Crippen LogP contribution in [0, 0.1) is 19.8 Å². The van der Waals surface area contributed by atoms with Crippen molar-refractivity contribution in [3.8, 4) is 0 Å². The highest BCUT2D eigenvalue weighted by Crippen LogP contribution is 2.24. The van der Waals surface area contributed by atoms with Gasteiger partial charge in [-0.05, 0) is 51.0 Å². The molecule has 0 aliphatic heterocycles. The van der Waals surface area contributed by atoms with Crippen molar-refractivity contribution in [3.63, 3.8) is 0 Å². The van der Waals surface area contributed by atoms with E-state index in [4.69, 9.17) is 0 Å². The van der Waals surface area contributed by atoms with Gasteiger partial charge in [-0.1, -0.05) is 0 Å². The number of nitrogens with zero attached hydrogens (tertiary/aromatic N) is 2. The largest absolute Gasteiger partial charge is 0.393 e. The molecular formula is C15H25N3O2. The Kier molecular flexibility index (Phi) is 4.81. The molecule has 1 aliphatic rings. The molecule has 1 aromatic rings. The van der Waals surface area contributed by atoms with E-state index in [1.807, 2.05) is 25.6 Å². The van der Waals surface area contributed by atoms with Crippen molar-refractivity contribution in [3.05, 3.63) is 17.0 Å². The number of carbonyl (C=O) groups is 1. The van der Waals surface area contributed by atoms with Gasteiger partial charge in [0.15, 0.2) is 0 Å². The fourth-order valence-electron chi connectivity index (χ4n) is 3.00.